The number of hydrogen-bond acceptors (Lipinski definition) is 3. The summed E-state index contributed by atoms with van der Waals surface area (Å²) in [4.78, 5) is 26.2. The molecule has 0 atom stereocenters. The summed E-state index contributed by atoms with van der Waals surface area (Å²) in [6.45, 7) is 4.96. The molecule has 2 amide bonds. The lowest BCUT2D eigenvalue weighted by molar-refractivity contribution is -0.137. The fraction of sp³-hybridized carbons (Fsp3) is 0.533. The van der Waals surface area contributed by atoms with Crippen molar-refractivity contribution >= 4 is 12.0 Å². The van der Waals surface area contributed by atoms with E-state index in [-0.39, 0.29) is 17.9 Å². The first kappa shape index (κ1) is 16.9. The number of urea groups is 1. The summed E-state index contributed by atoms with van der Waals surface area (Å²) in [6, 6.07) is 3.48. The average molecular weight is 293 g/mol. The Hall–Kier alpha value is -2.11. The molecule has 0 spiro atoms. The summed E-state index contributed by atoms with van der Waals surface area (Å²) < 4.78 is 0. The smallest absolute Gasteiger partial charge is 0.315 e. The van der Waals surface area contributed by atoms with E-state index in [1.165, 1.54) is 0 Å². The number of aromatic nitrogens is 1. The number of hydrogen-bond donors (Lipinski definition) is 3. The Bertz CT molecular complexity index is 460. The number of pyridine rings is 1. The van der Waals surface area contributed by atoms with E-state index < -0.39 is 5.97 Å². The minimum Gasteiger partial charge on any atom is -0.481 e. The number of nitrogens with one attached hydrogen (secondary N) is 2. The number of carboxylic acid groups (broad SMARTS) is 1. The fourth-order valence-corrected chi connectivity index (χ4v) is 1.83. The molecule has 0 bridgehead atoms. The first-order valence-corrected chi connectivity index (χ1v) is 7.01. The number of rotatable bonds is 8. The third-order valence-corrected chi connectivity index (χ3v) is 3.28. The molecule has 6 heteroatoms. The lowest BCUT2D eigenvalue weighted by atomic mass is 9.84. The van der Waals surface area contributed by atoms with Gasteiger partial charge in [0.15, 0.2) is 0 Å². The molecule has 1 heterocycles. The van der Waals surface area contributed by atoms with Gasteiger partial charge in [-0.2, -0.15) is 0 Å². The first-order chi connectivity index (χ1) is 9.89. The quantitative estimate of drug-likeness (QED) is 0.685. The van der Waals surface area contributed by atoms with Crippen LogP contribution in [0.3, 0.4) is 0 Å². The van der Waals surface area contributed by atoms with E-state index in [1.807, 2.05) is 26.0 Å². The van der Waals surface area contributed by atoms with Crippen LogP contribution in [0.25, 0.3) is 0 Å². The predicted octanol–water partition coefficient (Wildman–Crippen LogP) is 2.16. The summed E-state index contributed by atoms with van der Waals surface area (Å²) >= 11 is 0. The molecule has 0 aliphatic heterocycles. The Labute approximate surface area is 125 Å². The molecule has 0 radical (unpaired) electrons. The van der Waals surface area contributed by atoms with E-state index in [2.05, 4.69) is 15.6 Å². The number of carboxylic acids is 1. The molecule has 1 aromatic rings. The van der Waals surface area contributed by atoms with Crippen LogP contribution in [0.2, 0.25) is 0 Å². The maximum Gasteiger partial charge on any atom is 0.315 e. The van der Waals surface area contributed by atoms with E-state index in [4.69, 9.17) is 5.11 Å². The van der Waals surface area contributed by atoms with Crippen molar-refractivity contribution in [3.63, 3.8) is 0 Å². The van der Waals surface area contributed by atoms with Gasteiger partial charge in [-0.15, -0.1) is 0 Å². The minimum atomic E-state index is -0.787. The van der Waals surface area contributed by atoms with Crippen molar-refractivity contribution in [2.24, 2.45) is 5.41 Å². The zero-order valence-corrected chi connectivity index (χ0v) is 12.6. The summed E-state index contributed by atoms with van der Waals surface area (Å²) in [5.41, 5.74) is 0.837. The van der Waals surface area contributed by atoms with Crippen molar-refractivity contribution in [2.75, 3.05) is 6.54 Å². The van der Waals surface area contributed by atoms with Gasteiger partial charge in [0.1, 0.15) is 0 Å². The molecule has 0 saturated heterocycles. The highest BCUT2D eigenvalue weighted by atomic mass is 16.4. The van der Waals surface area contributed by atoms with Crippen LogP contribution in [0, 0.1) is 5.41 Å². The third-order valence-electron chi connectivity index (χ3n) is 3.28. The molecule has 0 aromatic carbocycles. The fourth-order valence-electron chi connectivity index (χ4n) is 1.83. The van der Waals surface area contributed by atoms with Crippen LogP contribution < -0.4 is 10.6 Å². The van der Waals surface area contributed by atoms with Crippen LogP contribution in [0.1, 0.15) is 38.7 Å². The number of nitrogens with zero attached hydrogens (tertiary/aromatic N) is 1. The Morgan fingerprint density at radius 1 is 1.29 bits per heavy atom. The molecular weight excluding hydrogens is 270 g/mol. The van der Waals surface area contributed by atoms with Gasteiger partial charge in [-0.25, -0.2) is 4.79 Å². The highest BCUT2D eigenvalue weighted by Crippen LogP contribution is 2.25. The third kappa shape index (κ3) is 7.91. The average Bonchev–Trinajstić information content (AvgIpc) is 2.44. The first-order valence-electron chi connectivity index (χ1n) is 7.01. The van der Waals surface area contributed by atoms with Gasteiger partial charge in [0.2, 0.25) is 0 Å². The van der Waals surface area contributed by atoms with E-state index in [9.17, 15) is 9.59 Å². The molecule has 0 aliphatic carbocycles. The SMILES string of the molecule is CC(C)(CCNC(=O)NCc1cccnc1)CCC(=O)O. The summed E-state index contributed by atoms with van der Waals surface area (Å²) in [6.07, 6.45) is 4.88. The topological polar surface area (TPSA) is 91.3 Å². The molecule has 0 unspecified atom stereocenters. The summed E-state index contributed by atoms with van der Waals surface area (Å²) in [5.74, 6) is -0.787. The Kier molecular flexibility index (Phi) is 6.65. The van der Waals surface area contributed by atoms with E-state index >= 15 is 0 Å². The normalized spacial score (nSPS) is 11.0. The second-order valence-corrected chi connectivity index (χ2v) is 5.78. The molecule has 116 valence electrons. The molecule has 1 aromatic heterocycles. The van der Waals surface area contributed by atoms with Gasteiger partial charge in [0, 0.05) is 31.9 Å². The number of carbonyl (C=O) groups is 2. The van der Waals surface area contributed by atoms with Gasteiger partial charge in [-0.05, 0) is 29.9 Å². The zero-order chi connectivity index (χ0) is 15.7. The van der Waals surface area contributed by atoms with Crippen molar-refractivity contribution in [3.8, 4) is 0 Å². The molecule has 0 aliphatic rings. The molecule has 21 heavy (non-hydrogen) atoms. The largest absolute Gasteiger partial charge is 0.481 e. The molecule has 6 nitrogen and oxygen atoms in total. The van der Waals surface area contributed by atoms with Crippen LogP contribution in [-0.2, 0) is 11.3 Å². The number of amides is 2. The lowest BCUT2D eigenvalue weighted by Gasteiger charge is -2.23. The zero-order valence-electron chi connectivity index (χ0n) is 12.6. The van der Waals surface area contributed by atoms with Gasteiger partial charge in [-0.3, -0.25) is 9.78 Å². The maximum atomic E-state index is 11.6. The van der Waals surface area contributed by atoms with Gasteiger partial charge in [0.05, 0.1) is 0 Å². The van der Waals surface area contributed by atoms with E-state index in [0.717, 1.165) is 12.0 Å². The monoisotopic (exact) mass is 293 g/mol. The molecular formula is C15H23N3O3. The van der Waals surface area contributed by atoms with E-state index in [0.29, 0.717) is 19.5 Å². The minimum absolute atomic E-state index is 0.102. The Morgan fingerprint density at radius 2 is 2.05 bits per heavy atom. The second-order valence-electron chi connectivity index (χ2n) is 5.78. The number of aliphatic carboxylic acids is 1. The van der Waals surface area contributed by atoms with Crippen molar-refractivity contribution in [3.05, 3.63) is 30.1 Å². The molecule has 1 rings (SSSR count). The standard InChI is InChI=1S/C15H23N3O3/c1-15(2,6-5-13(19)20)7-9-17-14(21)18-11-12-4-3-8-16-10-12/h3-4,8,10H,5-7,9,11H2,1-2H3,(H,19,20)(H2,17,18,21). The van der Waals surface area contributed by atoms with Crippen LogP contribution in [-0.4, -0.2) is 28.6 Å². The number of carbonyl (C=O) groups excluding carboxylic acids is 1. The molecule has 0 saturated carbocycles. The van der Waals surface area contributed by atoms with Crippen LogP contribution >= 0.6 is 0 Å². The van der Waals surface area contributed by atoms with Crippen molar-refractivity contribution in [1.82, 2.24) is 15.6 Å². The van der Waals surface area contributed by atoms with Gasteiger partial charge >= 0.3 is 12.0 Å². The molecule has 3 N–H and O–H groups in total. The lowest BCUT2D eigenvalue weighted by Crippen LogP contribution is -2.37. The van der Waals surface area contributed by atoms with Crippen LogP contribution in [0.4, 0.5) is 4.79 Å². The van der Waals surface area contributed by atoms with Crippen LogP contribution in [0.5, 0.6) is 0 Å². The van der Waals surface area contributed by atoms with Gasteiger partial charge < -0.3 is 15.7 Å². The maximum absolute atomic E-state index is 11.6. The second kappa shape index (κ2) is 8.24. The van der Waals surface area contributed by atoms with Crippen molar-refractivity contribution in [2.45, 2.75) is 39.7 Å². The van der Waals surface area contributed by atoms with Crippen molar-refractivity contribution in [1.29, 1.82) is 0 Å². The Balaban J connectivity index is 2.19. The molecule has 0 fully saturated rings. The predicted molar refractivity (Wildman–Crippen MR) is 79.7 cm³/mol. The summed E-state index contributed by atoms with van der Waals surface area (Å²) in [5, 5.41) is 14.2. The van der Waals surface area contributed by atoms with Gasteiger partial charge in [0.25, 0.3) is 0 Å². The Morgan fingerprint density at radius 3 is 2.67 bits per heavy atom. The van der Waals surface area contributed by atoms with Gasteiger partial charge in [-0.1, -0.05) is 19.9 Å². The van der Waals surface area contributed by atoms with Crippen molar-refractivity contribution < 1.29 is 14.7 Å². The summed E-state index contributed by atoms with van der Waals surface area (Å²) in [7, 11) is 0. The highest BCUT2D eigenvalue weighted by Gasteiger charge is 2.19. The van der Waals surface area contributed by atoms with E-state index in [1.54, 1.807) is 12.4 Å². The van der Waals surface area contributed by atoms with Crippen LogP contribution in [0.15, 0.2) is 24.5 Å². The highest BCUT2D eigenvalue weighted by molar-refractivity contribution is 5.73.